The van der Waals surface area contributed by atoms with E-state index in [2.05, 4.69) is 15.3 Å². The van der Waals surface area contributed by atoms with Crippen molar-refractivity contribution in [1.82, 2.24) is 9.97 Å². The summed E-state index contributed by atoms with van der Waals surface area (Å²) in [6, 6.07) is 3.28. The van der Waals surface area contributed by atoms with E-state index in [9.17, 15) is 13.2 Å². The van der Waals surface area contributed by atoms with Crippen LogP contribution in [0.4, 0.5) is 24.5 Å². The van der Waals surface area contributed by atoms with E-state index in [0.717, 1.165) is 17.8 Å². The Morgan fingerprint density at radius 1 is 1.32 bits per heavy atom. The minimum absolute atomic E-state index is 0.0828. The minimum atomic E-state index is -4.37. The Hall–Kier alpha value is -2.18. The summed E-state index contributed by atoms with van der Waals surface area (Å²) in [5.41, 5.74) is 6.37. The molecule has 7 heteroatoms. The number of alkyl halides is 3. The Morgan fingerprint density at radius 3 is 2.68 bits per heavy atom. The first-order valence-electron chi connectivity index (χ1n) is 5.64. The molecule has 0 aliphatic rings. The third-order valence-electron chi connectivity index (χ3n) is 2.64. The molecule has 0 spiro atoms. The number of anilines is 2. The van der Waals surface area contributed by atoms with Crippen LogP contribution in [0, 0.1) is 0 Å². The van der Waals surface area contributed by atoms with Crippen LogP contribution in [0.1, 0.15) is 11.3 Å². The van der Waals surface area contributed by atoms with Gasteiger partial charge in [0.2, 0.25) is 0 Å². The summed E-state index contributed by atoms with van der Waals surface area (Å²) < 4.78 is 37.4. The number of nitrogens with one attached hydrogen (secondary N) is 2. The molecule has 0 amide bonds. The second-order valence-electron chi connectivity index (χ2n) is 4.05. The molecule has 4 N–H and O–H groups in total. The summed E-state index contributed by atoms with van der Waals surface area (Å²) in [7, 11) is 0. The Labute approximate surface area is 107 Å². The number of aromatic nitrogens is 2. The summed E-state index contributed by atoms with van der Waals surface area (Å²) in [5.74, 6) is 0. The lowest BCUT2D eigenvalue weighted by Gasteiger charge is -2.12. The highest BCUT2D eigenvalue weighted by atomic mass is 19.4. The number of rotatable bonds is 4. The molecule has 0 radical (unpaired) electrons. The standard InChI is InChI=1S/C12H13F3N4/c13-12(14,15)8-1-2-11(10(16)5-8)18-4-3-9-6-17-7-19-9/h1-2,5-7,18H,3-4,16H2,(H,17,19). The number of hydrogen-bond donors (Lipinski definition) is 3. The zero-order valence-corrected chi connectivity index (χ0v) is 9.96. The van der Waals surface area contributed by atoms with Crippen molar-refractivity contribution >= 4 is 11.4 Å². The van der Waals surface area contributed by atoms with Gasteiger partial charge in [0.1, 0.15) is 0 Å². The van der Waals surface area contributed by atoms with Crippen molar-refractivity contribution in [2.24, 2.45) is 0 Å². The van der Waals surface area contributed by atoms with Gasteiger partial charge in [-0.25, -0.2) is 4.98 Å². The van der Waals surface area contributed by atoms with E-state index < -0.39 is 11.7 Å². The number of nitrogens with zero attached hydrogens (tertiary/aromatic N) is 1. The average Bonchev–Trinajstić information content (AvgIpc) is 2.83. The summed E-state index contributed by atoms with van der Waals surface area (Å²) >= 11 is 0. The fourth-order valence-corrected chi connectivity index (χ4v) is 1.65. The summed E-state index contributed by atoms with van der Waals surface area (Å²) in [5, 5.41) is 2.99. The average molecular weight is 270 g/mol. The lowest BCUT2D eigenvalue weighted by Crippen LogP contribution is -2.10. The van der Waals surface area contributed by atoms with E-state index in [1.54, 1.807) is 12.5 Å². The third-order valence-corrected chi connectivity index (χ3v) is 2.64. The van der Waals surface area contributed by atoms with Crippen LogP contribution in [0.5, 0.6) is 0 Å². The van der Waals surface area contributed by atoms with Gasteiger partial charge in [0.15, 0.2) is 0 Å². The smallest absolute Gasteiger partial charge is 0.397 e. The van der Waals surface area contributed by atoms with Crippen molar-refractivity contribution in [3.63, 3.8) is 0 Å². The summed E-state index contributed by atoms with van der Waals surface area (Å²) in [6.45, 7) is 0.553. The normalized spacial score (nSPS) is 11.5. The third kappa shape index (κ3) is 3.40. The van der Waals surface area contributed by atoms with E-state index >= 15 is 0 Å². The molecular weight excluding hydrogens is 257 g/mol. The maximum atomic E-state index is 12.5. The zero-order chi connectivity index (χ0) is 13.9. The van der Waals surface area contributed by atoms with E-state index in [4.69, 9.17) is 5.73 Å². The summed E-state index contributed by atoms with van der Waals surface area (Å²) in [6.07, 6.45) is -0.428. The van der Waals surface area contributed by atoms with Crippen molar-refractivity contribution in [3.05, 3.63) is 42.0 Å². The van der Waals surface area contributed by atoms with Gasteiger partial charge < -0.3 is 16.0 Å². The fourth-order valence-electron chi connectivity index (χ4n) is 1.65. The highest BCUT2D eigenvalue weighted by Gasteiger charge is 2.30. The van der Waals surface area contributed by atoms with Crippen LogP contribution in [0.3, 0.4) is 0 Å². The molecule has 0 fully saturated rings. The highest BCUT2D eigenvalue weighted by Crippen LogP contribution is 2.32. The topological polar surface area (TPSA) is 66.7 Å². The second-order valence-corrected chi connectivity index (χ2v) is 4.05. The first-order valence-corrected chi connectivity index (χ1v) is 5.64. The van der Waals surface area contributed by atoms with Crippen molar-refractivity contribution < 1.29 is 13.2 Å². The van der Waals surface area contributed by atoms with Crippen molar-refractivity contribution in [1.29, 1.82) is 0 Å². The SMILES string of the molecule is Nc1cc(C(F)(F)F)ccc1NCCc1cnc[nH]1. The predicted octanol–water partition coefficient (Wildman–Crippen LogP) is 2.67. The highest BCUT2D eigenvalue weighted by molar-refractivity contribution is 5.67. The lowest BCUT2D eigenvalue weighted by atomic mass is 10.1. The number of nitrogens with two attached hydrogens (primary N) is 1. The fraction of sp³-hybridized carbons (Fsp3) is 0.250. The van der Waals surface area contributed by atoms with E-state index in [1.807, 2.05) is 0 Å². The Bertz CT molecular complexity index is 534. The van der Waals surface area contributed by atoms with Crippen molar-refractivity contribution in [2.45, 2.75) is 12.6 Å². The van der Waals surface area contributed by atoms with Crippen LogP contribution in [0.15, 0.2) is 30.7 Å². The van der Waals surface area contributed by atoms with Gasteiger partial charge in [-0.05, 0) is 18.2 Å². The first kappa shape index (κ1) is 13.3. The predicted molar refractivity (Wildman–Crippen MR) is 66.6 cm³/mol. The van der Waals surface area contributed by atoms with Crippen LogP contribution in [-0.2, 0) is 12.6 Å². The number of halogens is 3. The van der Waals surface area contributed by atoms with E-state index in [0.29, 0.717) is 18.7 Å². The number of aromatic amines is 1. The molecule has 0 aliphatic carbocycles. The molecule has 1 aromatic carbocycles. The monoisotopic (exact) mass is 270 g/mol. The Balaban J connectivity index is 1.97. The first-order chi connectivity index (χ1) is 8.97. The van der Waals surface area contributed by atoms with Crippen molar-refractivity contribution in [2.75, 3.05) is 17.6 Å². The molecule has 0 unspecified atom stereocenters. The van der Waals surface area contributed by atoms with Gasteiger partial charge in [-0.2, -0.15) is 13.2 Å². The van der Waals surface area contributed by atoms with Gasteiger partial charge in [0.05, 0.1) is 23.3 Å². The number of benzene rings is 1. The molecule has 0 aliphatic heterocycles. The molecular formula is C12H13F3N4. The molecule has 1 heterocycles. The largest absolute Gasteiger partial charge is 0.416 e. The molecule has 0 atom stereocenters. The molecule has 4 nitrogen and oxygen atoms in total. The van der Waals surface area contributed by atoms with E-state index in [-0.39, 0.29) is 5.69 Å². The van der Waals surface area contributed by atoms with Gasteiger partial charge in [0, 0.05) is 24.9 Å². The molecule has 0 bridgehead atoms. The van der Waals surface area contributed by atoms with Crippen LogP contribution < -0.4 is 11.1 Å². The summed E-state index contributed by atoms with van der Waals surface area (Å²) in [4.78, 5) is 6.81. The molecule has 102 valence electrons. The number of hydrogen-bond acceptors (Lipinski definition) is 3. The molecule has 2 rings (SSSR count). The quantitative estimate of drug-likeness (QED) is 0.748. The van der Waals surface area contributed by atoms with E-state index in [1.165, 1.54) is 6.07 Å². The maximum absolute atomic E-state index is 12.5. The zero-order valence-electron chi connectivity index (χ0n) is 9.96. The van der Waals surface area contributed by atoms with Crippen LogP contribution in [-0.4, -0.2) is 16.5 Å². The molecule has 0 saturated heterocycles. The molecule has 2 aromatic rings. The van der Waals surface area contributed by atoms with Crippen LogP contribution >= 0.6 is 0 Å². The van der Waals surface area contributed by atoms with Crippen molar-refractivity contribution in [3.8, 4) is 0 Å². The Morgan fingerprint density at radius 2 is 2.11 bits per heavy atom. The maximum Gasteiger partial charge on any atom is 0.416 e. The number of H-pyrrole nitrogens is 1. The van der Waals surface area contributed by atoms with Gasteiger partial charge in [-0.3, -0.25) is 0 Å². The van der Waals surface area contributed by atoms with Crippen LogP contribution in [0.2, 0.25) is 0 Å². The molecule has 0 saturated carbocycles. The number of imidazole rings is 1. The Kier molecular flexibility index (Phi) is 3.64. The minimum Gasteiger partial charge on any atom is -0.397 e. The second kappa shape index (κ2) is 5.21. The van der Waals surface area contributed by atoms with Crippen LogP contribution in [0.25, 0.3) is 0 Å². The van der Waals surface area contributed by atoms with Gasteiger partial charge in [-0.15, -0.1) is 0 Å². The lowest BCUT2D eigenvalue weighted by molar-refractivity contribution is -0.137. The van der Waals surface area contributed by atoms with Gasteiger partial charge in [0.25, 0.3) is 0 Å². The van der Waals surface area contributed by atoms with Gasteiger partial charge in [-0.1, -0.05) is 0 Å². The van der Waals surface area contributed by atoms with Gasteiger partial charge >= 0.3 is 6.18 Å². The molecule has 1 aromatic heterocycles. The molecule has 19 heavy (non-hydrogen) atoms. The number of nitrogen functional groups attached to an aromatic ring is 1.